The summed E-state index contributed by atoms with van der Waals surface area (Å²) >= 11 is 0. The fourth-order valence-corrected chi connectivity index (χ4v) is 2.43. The molecular weight excluding hydrogens is 360 g/mol. The first-order chi connectivity index (χ1) is 13.4. The zero-order chi connectivity index (χ0) is 21.2. The highest BCUT2D eigenvalue weighted by Crippen LogP contribution is 2.05. The molecule has 0 amide bonds. The number of unbranched alkanes of at least 4 members (excludes halogenated alkanes) is 4. The van der Waals surface area contributed by atoms with Crippen molar-refractivity contribution in [3.63, 3.8) is 0 Å². The Morgan fingerprint density at radius 3 is 1.36 bits per heavy atom. The molecule has 1 N–H and O–H groups in total. The molecule has 0 rings (SSSR count). The summed E-state index contributed by atoms with van der Waals surface area (Å²) in [6, 6.07) is 0. The highest BCUT2D eigenvalue weighted by atomic mass is 16.6. The summed E-state index contributed by atoms with van der Waals surface area (Å²) in [7, 11) is 0. The van der Waals surface area contributed by atoms with Crippen LogP contribution in [0.1, 0.15) is 73.6 Å². The first kappa shape index (κ1) is 27.8. The quantitative estimate of drug-likeness (QED) is 0.309. The summed E-state index contributed by atoms with van der Waals surface area (Å²) in [6.45, 7) is 15.0. The van der Waals surface area contributed by atoms with E-state index in [-0.39, 0.29) is 37.1 Å². The van der Waals surface area contributed by atoms with E-state index in [4.69, 9.17) is 28.8 Å². The molecule has 28 heavy (non-hydrogen) atoms. The van der Waals surface area contributed by atoms with E-state index in [9.17, 15) is 0 Å². The zero-order valence-corrected chi connectivity index (χ0v) is 19.2. The number of hydrogen-bond donors (Lipinski definition) is 1. The van der Waals surface area contributed by atoms with Gasteiger partial charge in [-0.25, -0.2) is 0 Å². The van der Waals surface area contributed by atoms with Crippen LogP contribution < -0.4 is 0 Å². The van der Waals surface area contributed by atoms with Gasteiger partial charge >= 0.3 is 0 Å². The minimum atomic E-state index is -0.162. The molecule has 0 aromatic rings. The van der Waals surface area contributed by atoms with Crippen molar-refractivity contribution in [2.45, 2.75) is 104 Å². The van der Waals surface area contributed by atoms with Gasteiger partial charge in [0.25, 0.3) is 0 Å². The summed E-state index contributed by atoms with van der Waals surface area (Å²) in [4.78, 5) is 0. The molecule has 6 nitrogen and oxygen atoms in total. The lowest BCUT2D eigenvalue weighted by Gasteiger charge is -2.21. The van der Waals surface area contributed by atoms with Gasteiger partial charge < -0.3 is 28.8 Å². The van der Waals surface area contributed by atoms with Crippen molar-refractivity contribution in [3.8, 4) is 0 Å². The SMILES string of the molecule is CCCCCCCOC(C)COC(C)COC(C)COC(C)COC(C)CO. The molecule has 0 bridgehead atoms. The molecule has 0 aromatic heterocycles. The van der Waals surface area contributed by atoms with Crippen LogP contribution in [-0.2, 0) is 23.7 Å². The molecule has 0 radical (unpaired) electrons. The van der Waals surface area contributed by atoms with Crippen LogP contribution in [0.3, 0.4) is 0 Å². The number of ether oxygens (including phenoxy) is 5. The first-order valence-electron chi connectivity index (χ1n) is 11.1. The third-order valence-corrected chi connectivity index (χ3v) is 4.37. The van der Waals surface area contributed by atoms with E-state index in [0.717, 1.165) is 13.0 Å². The van der Waals surface area contributed by atoms with E-state index in [2.05, 4.69) is 13.8 Å². The summed E-state index contributed by atoms with van der Waals surface area (Å²) in [5, 5.41) is 8.94. The third kappa shape index (κ3) is 17.8. The van der Waals surface area contributed by atoms with E-state index in [1.165, 1.54) is 25.7 Å². The lowest BCUT2D eigenvalue weighted by Crippen LogP contribution is -2.29. The molecule has 0 heterocycles. The smallest absolute Gasteiger partial charge is 0.0781 e. The van der Waals surface area contributed by atoms with E-state index in [0.29, 0.717) is 26.4 Å². The molecule has 5 unspecified atom stereocenters. The summed E-state index contributed by atoms with van der Waals surface area (Å²) in [5.41, 5.74) is 0. The van der Waals surface area contributed by atoms with Crippen LogP contribution in [0.15, 0.2) is 0 Å². The summed E-state index contributed by atoms with van der Waals surface area (Å²) in [5.74, 6) is 0. The average molecular weight is 407 g/mol. The van der Waals surface area contributed by atoms with Crippen molar-refractivity contribution in [1.29, 1.82) is 0 Å². The fraction of sp³-hybridized carbons (Fsp3) is 1.00. The van der Waals surface area contributed by atoms with Gasteiger partial charge in [0.2, 0.25) is 0 Å². The highest BCUT2D eigenvalue weighted by molar-refractivity contribution is 4.57. The Kier molecular flexibility index (Phi) is 18.6. The van der Waals surface area contributed by atoms with E-state index < -0.39 is 0 Å². The lowest BCUT2D eigenvalue weighted by molar-refractivity contribution is -0.0975. The van der Waals surface area contributed by atoms with Crippen molar-refractivity contribution < 1.29 is 28.8 Å². The Morgan fingerprint density at radius 2 is 0.929 bits per heavy atom. The maximum absolute atomic E-state index is 8.94. The highest BCUT2D eigenvalue weighted by Gasteiger charge is 2.12. The molecule has 0 saturated heterocycles. The first-order valence-corrected chi connectivity index (χ1v) is 11.1. The minimum Gasteiger partial charge on any atom is -0.394 e. The van der Waals surface area contributed by atoms with Crippen molar-refractivity contribution in [3.05, 3.63) is 0 Å². The predicted octanol–water partition coefficient (Wildman–Crippen LogP) is 3.97. The van der Waals surface area contributed by atoms with Gasteiger partial charge in [-0.3, -0.25) is 0 Å². The van der Waals surface area contributed by atoms with Crippen LogP contribution in [0, 0.1) is 0 Å². The van der Waals surface area contributed by atoms with E-state index in [1.807, 2.05) is 27.7 Å². The van der Waals surface area contributed by atoms with Crippen LogP contribution >= 0.6 is 0 Å². The second kappa shape index (κ2) is 18.8. The standard InChI is InChI=1S/C22H46O6/c1-7-8-9-10-11-12-24-19(3)14-26-21(5)16-28-22(6)17-27-20(4)15-25-18(2)13-23/h18-23H,7-17H2,1-6H3. The van der Waals surface area contributed by atoms with Gasteiger partial charge in [0.15, 0.2) is 0 Å². The van der Waals surface area contributed by atoms with Crippen LogP contribution in [0.2, 0.25) is 0 Å². The van der Waals surface area contributed by atoms with Crippen molar-refractivity contribution in [1.82, 2.24) is 0 Å². The predicted molar refractivity (Wildman–Crippen MR) is 113 cm³/mol. The maximum atomic E-state index is 8.94. The van der Waals surface area contributed by atoms with Crippen LogP contribution in [0.25, 0.3) is 0 Å². The minimum absolute atomic E-state index is 0.0134. The summed E-state index contributed by atoms with van der Waals surface area (Å²) in [6.07, 6.45) is 6.18. The van der Waals surface area contributed by atoms with Crippen molar-refractivity contribution >= 4 is 0 Å². The molecule has 0 spiro atoms. The maximum Gasteiger partial charge on any atom is 0.0781 e. The van der Waals surface area contributed by atoms with Gasteiger partial charge in [-0.15, -0.1) is 0 Å². The second-order valence-corrected chi connectivity index (χ2v) is 7.85. The largest absolute Gasteiger partial charge is 0.394 e. The number of aliphatic hydroxyl groups excluding tert-OH is 1. The molecule has 0 aliphatic carbocycles. The molecule has 0 aliphatic heterocycles. The van der Waals surface area contributed by atoms with Crippen LogP contribution in [0.4, 0.5) is 0 Å². The average Bonchev–Trinajstić information content (AvgIpc) is 2.69. The molecule has 5 atom stereocenters. The molecule has 0 aliphatic rings. The second-order valence-electron chi connectivity index (χ2n) is 7.85. The molecule has 0 aromatic carbocycles. The number of aliphatic hydroxyl groups is 1. The van der Waals surface area contributed by atoms with Gasteiger partial charge in [0, 0.05) is 6.61 Å². The fourth-order valence-electron chi connectivity index (χ4n) is 2.43. The Labute approximate surface area is 173 Å². The van der Waals surface area contributed by atoms with Gasteiger partial charge in [0.1, 0.15) is 0 Å². The Morgan fingerprint density at radius 1 is 0.536 bits per heavy atom. The van der Waals surface area contributed by atoms with E-state index in [1.54, 1.807) is 0 Å². The third-order valence-electron chi connectivity index (χ3n) is 4.37. The van der Waals surface area contributed by atoms with Crippen LogP contribution in [-0.4, -0.2) is 75.3 Å². The number of hydrogen-bond acceptors (Lipinski definition) is 6. The van der Waals surface area contributed by atoms with Crippen molar-refractivity contribution in [2.75, 3.05) is 39.6 Å². The van der Waals surface area contributed by atoms with Crippen molar-refractivity contribution in [2.24, 2.45) is 0 Å². The monoisotopic (exact) mass is 406 g/mol. The summed E-state index contributed by atoms with van der Waals surface area (Å²) < 4.78 is 28.6. The van der Waals surface area contributed by atoms with E-state index >= 15 is 0 Å². The normalized spacial score (nSPS) is 17.2. The molecule has 6 heteroatoms. The van der Waals surface area contributed by atoms with Gasteiger partial charge in [0.05, 0.1) is 63.6 Å². The Bertz CT molecular complexity index is 328. The zero-order valence-electron chi connectivity index (χ0n) is 19.2. The molecule has 0 fully saturated rings. The molecule has 0 saturated carbocycles. The van der Waals surface area contributed by atoms with Gasteiger partial charge in [-0.2, -0.15) is 0 Å². The number of rotatable bonds is 20. The van der Waals surface area contributed by atoms with Gasteiger partial charge in [-0.05, 0) is 41.0 Å². The Hall–Kier alpha value is -0.240. The molecular formula is C22H46O6. The van der Waals surface area contributed by atoms with Gasteiger partial charge in [-0.1, -0.05) is 32.6 Å². The Balaban J connectivity index is 3.64. The molecule has 170 valence electrons. The topological polar surface area (TPSA) is 66.4 Å². The lowest BCUT2D eigenvalue weighted by atomic mass is 10.2. The van der Waals surface area contributed by atoms with Crippen LogP contribution in [0.5, 0.6) is 0 Å².